The van der Waals surface area contributed by atoms with Gasteiger partial charge in [0.1, 0.15) is 6.10 Å². The normalized spacial score (nSPS) is 17.1. The Labute approximate surface area is 76.9 Å². The van der Waals surface area contributed by atoms with Crippen LogP contribution in [0.4, 0.5) is 13.2 Å². The van der Waals surface area contributed by atoms with Crippen molar-refractivity contribution in [3.05, 3.63) is 0 Å². The molecule has 0 aromatic heterocycles. The predicted molar refractivity (Wildman–Crippen MR) is 45.4 cm³/mol. The van der Waals surface area contributed by atoms with Gasteiger partial charge in [0.2, 0.25) is 0 Å². The van der Waals surface area contributed by atoms with Gasteiger partial charge in [0.15, 0.2) is 0 Å². The maximum atomic E-state index is 11.9. The summed E-state index contributed by atoms with van der Waals surface area (Å²) in [6.45, 7) is 3.73. The van der Waals surface area contributed by atoms with Gasteiger partial charge in [-0.05, 0) is 12.3 Å². The first kappa shape index (κ1) is 12.8. The lowest BCUT2D eigenvalue weighted by atomic mass is 9.97. The SMILES string of the molecule is CCCCC(C)C[C@@H](O)C(F)(F)F. The summed E-state index contributed by atoms with van der Waals surface area (Å²) in [6.07, 6.45) is -4.13. The highest BCUT2D eigenvalue weighted by molar-refractivity contribution is 4.68. The molecule has 80 valence electrons. The summed E-state index contributed by atoms with van der Waals surface area (Å²) in [5.41, 5.74) is 0. The molecule has 0 rings (SSSR count). The predicted octanol–water partition coefficient (Wildman–Crippen LogP) is 3.13. The van der Waals surface area contributed by atoms with E-state index < -0.39 is 12.3 Å². The van der Waals surface area contributed by atoms with Gasteiger partial charge in [-0.2, -0.15) is 13.2 Å². The van der Waals surface area contributed by atoms with Crippen LogP contribution < -0.4 is 0 Å². The third-order valence-corrected chi connectivity index (χ3v) is 2.05. The Balaban J connectivity index is 3.71. The smallest absolute Gasteiger partial charge is 0.384 e. The zero-order chi connectivity index (χ0) is 10.5. The maximum absolute atomic E-state index is 11.9. The Bertz CT molecular complexity index is 133. The summed E-state index contributed by atoms with van der Waals surface area (Å²) in [7, 11) is 0. The molecule has 0 fully saturated rings. The molecule has 0 spiro atoms. The van der Waals surface area contributed by atoms with Crippen molar-refractivity contribution in [1.29, 1.82) is 0 Å². The van der Waals surface area contributed by atoms with E-state index in [9.17, 15) is 13.2 Å². The van der Waals surface area contributed by atoms with Crippen LogP contribution in [0.15, 0.2) is 0 Å². The molecule has 1 nitrogen and oxygen atoms in total. The molecule has 2 atom stereocenters. The minimum absolute atomic E-state index is 0.0587. The number of halogens is 3. The molecular weight excluding hydrogens is 181 g/mol. The highest BCUT2D eigenvalue weighted by atomic mass is 19.4. The lowest BCUT2D eigenvalue weighted by Gasteiger charge is -2.18. The standard InChI is InChI=1S/C9H17F3O/c1-3-4-5-7(2)6-8(13)9(10,11)12/h7-8,13H,3-6H2,1-2H3/t7?,8-/m1/s1. The Hall–Kier alpha value is -0.250. The Morgan fingerprint density at radius 3 is 2.23 bits per heavy atom. The van der Waals surface area contributed by atoms with Crippen molar-refractivity contribution in [2.45, 2.75) is 51.8 Å². The van der Waals surface area contributed by atoms with Crippen LogP contribution in [-0.4, -0.2) is 17.4 Å². The van der Waals surface area contributed by atoms with Crippen LogP contribution in [0.1, 0.15) is 39.5 Å². The third kappa shape index (κ3) is 5.91. The quantitative estimate of drug-likeness (QED) is 0.719. The molecule has 0 aliphatic heterocycles. The largest absolute Gasteiger partial charge is 0.414 e. The lowest BCUT2D eigenvalue weighted by molar-refractivity contribution is -0.208. The van der Waals surface area contributed by atoms with Crippen molar-refractivity contribution in [1.82, 2.24) is 0 Å². The molecule has 0 aromatic carbocycles. The van der Waals surface area contributed by atoms with E-state index in [0.29, 0.717) is 0 Å². The number of aliphatic hydroxyl groups excluding tert-OH is 1. The summed E-state index contributed by atoms with van der Waals surface area (Å²) >= 11 is 0. The number of rotatable bonds is 5. The van der Waals surface area contributed by atoms with Crippen molar-refractivity contribution in [3.8, 4) is 0 Å². The van der Waals surface area contributed by atoms with Crippen LogP contribution in [0.5, 0.6) is 0 Å². The van der Waals surface area contributed by atoms with E-state index in [-0.39, 0.29) is 12.3 Å². The average molecular weight is 198 g/mol. The van der Waals surface area contributed by atoms with Gasteiger partial charge in [0, 0.05) is 0 Å². The topological polar surface area (TPSA) is 20.2 Å². The van der Waals surface area contributed by atoms with Gasteiger partial charge in [0.05, 0.1) is 0 Å². The van der Waals surface area contributed by atoms with Crippen molar-refractivity contribution in [2.24, 2.45) is 5.92 Å². The average Bonchev–Trinajstić information content (AvgIpc) is 1.99. The monoisotopic (exact) mass is 198 g/mol. The summed E-state index contributed by atoms with van der Waals surface area (Å²) in [6, 6.07) is 0. The third-order valence-electron chi connectivity index (χ3n) is 2.05. The number of hydrogen-bond acceptors (Lipinski definition) is 1. The van der Waals surface area contributed by atoms with Crippen molar-refractivity contribution in [2.75, 3.05) is 0 Å². The van der Waals surface area contributed by atoms with Crippen molar-refractivity contribution >= 4 is 0 Å². The summed E-state index contributed by atoms with van der Waals surface area (Å²) in [5, 5.41) is 8.73. The van der Waals surface area contributed by atoms with E-state index >= 15 is 0 Å². The zero-order valence-electron chi connectivity index (χ0n) is 8.06. The highest BCUT2D eigenvalue weighted by Gasteiger charge is 2.38. The van der Waals surface area contributed by atoms with Gasteiger partial charge in [-0.25, -0.2) is 0 Å². The van der Waals surface area contributed by atoms with E-state index in [1.54, 1.807) is 6.92 Å². The fourth-order valence-corrected chi connectivity index (χ4v) is 1.19. The zero-order valence-corrected chi connectivity index (χ0v) is 8.06. The molecule has 0 aliphatic rings. The van der Waals surface area contributed by atoms with E-state index in [1.807, 2.05) is 6.92 Å². The first-order valence-corrected chi connectivity index (χ1v) is 4.62. The highest BCUT2D eigenvalue weighted by Crippen LogP contribution is 2.26. The number of hydrogen-bond donors (Lipinski definition) is 1. The molecule has 0 heterocycles. The maximum Gasteiger partial charge on any atom is 0.414 e. The van der Waals surface area contributed by atoms with Crippen LogP contribution in [0, 0.1) is 5.92 Å². The van der Waals surface area contributed by atoms with Crippen LogP contribution in [-0.2, 0) is 0 Å². The number of aliphatic hydroxyl groups is 1. The molecule has 0 saturated carbocycles. The second-order valence-electron chi connectivity index (χ2n) is 3.54. The van der Waals surface area contributed by atoms with Gasteiger partial charge >= 0.3 is 6.18 Å². The first-order valence-electron chi connectivity index (χ1n) is 4.62. The fraction of sp³-hybridized carbons (Fsp3) is 1.00. The molecule has 0 saturated heterocycles. The van der Waals surface area contributed by atoms with Crippen molar-refractivity contribution < 1.29 is 18.3 Å². The molecule has 0 radical (unpaired) electrons. The molecule has 4 heteroatoms. The Morgan fingerprint density at radius 1 is 1.31 bits per heavy atom. The Morgan fingerprint density at radius 2 is 1.85 bits per heavy atom. The van der Waals surface area contributed by atoms with Crippen LogP contribution in [0.2, 0.25) is 0 Å². The van der Waals surface area contributed by atoms with Crippen LogP contribution >= 0.6 is 0 Å². The summed E-state index contributed by atoms with van der Waals surface area (Å²) in [5.74, 6) is -0.0587. The number of alkyl halides is 3. The van der Waals surface area contributed by atoms with Gasteiger partial charge in [-0.1, -0.05) is 33.1 Å². The number of unbranched alkanes of at least 4 members (excludes halogenated alkanes) is 1. The Kier molecular flexibility index (Phi) is 5.37. The second kappa shape index (κ2) is 5.47. The van der Waals surface area contributed by atoms with E-state index in [4.69, 9.17) is 5.11 Å². The van der Waals surface area contributed by atoms with E-state index in [2.05, 4.69) is 0 Å². The fourth-order valence-electron chi connectivity index (χ4n) is 1.19. The summed E-state index contributed by atoms with van der Waals surface area (Å²) < 4.78 is 35.6. The lowest BCUT2D eigenvalue weighted by Crippen LogP contribution is -2.30. The van der Waals surface area contributed by atoms with Crippen molar-refractivity contribution in [3.63, 3.8) is 0 Å². The minimum atomic E-state index is -4.46. The van der Waals surface area contributed by atoms with Gasteiger partial charge < -0.3 is 5.11 Å². The van der Waals surface area contributed by atoms with Gasteiger partial charge in [0.25, 0.3) is 0 Å². The molecule has 0 aliphatic carbocycles. The first-order chi connectivity index (χ1) is 5.88. The van der Waals surface area contributed by atoms with E-state index in [0.717, 1.165) is 19.3 Å². The van der Waals surface area contributed by atoms with Gasteiger partial charge in [-0.3, -0.25) is 0 Å². The van der Waals surface area contributed by atoms with E-state index in [1.165, 1.54) is 0 Å². The molecule has 0 aromatic rings. The summed E-state index contributed by atoms with van der Waals surface area (Å²) in [4.78, 5) is 0. The second-order valence-corrected chi connectivity index (χ2v) is 3.54. The molecule has 1 N–H and O–H groups in total. The molecule has 13 heavy (non-hydrogen) atoms. The van der Waals surface area contributed by atoms with Crippen LogP contribution in [0.25, 0.3) is 0 Å². The molecule has 1 unspecified atom stereocenters. The molecular formula is C9H17F3O. The van der Waals surface area contributed by atoms with Crippen LogP contribution in [0.3, 0.4) is 0 Å². The van der Waals surface area contributed by atoms with Gasteiger partial charge in [-0.15, -0.1) is 0 Å². The molecule has 0 bridgehead atoms. The molecule has 0 amide bonds. The minimum Gasteiger partial charge on any atom is -0.384 e.